The van der Waals surface area contributed by atoms with Crippen LogP contribution >= 0.6 is 23.2 Å². The van der Waals surface area contributed by atoms with Gasteiger partial charge in [-0.3, -0.25) is 0 Å². The van der Waals surface area contributed by atoms with Crippen molar-refractivity contribution in [2.24, 2.45) is 0 Å². The SMILES string of the molecule is Cc1cc(S(=O)(=O)NC(CO)c2ccccc2)c(Cl)cc1Cl. The Bertz CT molecular complexity index is 764. The highest BCUT2D eigenvalue weighted by Gasteiger charge is 2.24. The Hall–Kier alpha value is -1.11. The first kappa shape index (κ1) is 17.2. The fraction of sp³-hybridized carbons (Fsp3) is 0.200. The first-order chi connectivity index (χ1) is 10.3. The van der Waals surface area contributed by atoms with Gasteiger partial charge in [0.2, 0.25) is 10.0 Å². The van der Waals surface area contributed by atoms with Crippen LogP contribution in [-0.4, -0.2) is 20.1 Å². The number of benzene rings is 2. The highest BCUT2D eigenvalue weighted by atomic mass is 35.5. The summed E-state index contributed by atoms with van der Waals surface area (Å²) in [6.45, 7) is 1.33. The molecule has 0 heterocycles. The molecule has 0 fully saturated rings. The molecule has 1 atom stereocenters. The summed E-state index contributed by atoms with van der Waals surface area (Å²) in [7, 11) is -3.89. The Morgan fingerprint density at radius 2 is 1.77 bits per heavy atom. The highest BCUT2D eigenvalue weighted by molar-refractivity contribution is 7.89. The second-order valence-corrected chi connectivity index (χ2v) is 7.30. The van der Waals surface area contributed by atoms with Gasteiger partial charge >= 0.3 is 0 Å². The van der Waals surface area contributed by atoms with Crippen LogP contribution in [0, 0.1) is 6.92 Å². The van der Waals surface area contributed by atoms with Crippen LogP contribution in [0.3, 0.4) is 0 Å². The van der Waals surface area contributed by atoms with Crippen molar-refractivity contribution in [3.63, 3.8) is 0 Å². The van der Waals surface area contributed by atoms with Gasteiger partial charge in [-0.15, -0.1) is 0 Å². The monoisotopic (exact) mass is 359 g/mol. The Morgan fingerprint density at radius 3 is 2.36 bits per heavy atom. The Kier molecular flexibility index (Phi) is 5.47. The average Bonchev–Trinajstić information content (AvgIpc) is 2.49. The predicted octanol–water partition coefficient (Wildman–Crippen LogP) is 3.31. The Balaban J connectivity index is 2.37. The topological polar surface area (TPSA) is 66.4 Å². The van der Waals surface area contributed by atoms with Crippen molar-refractivity contribution in [2.45, 2.75) is 17.9 Å². The Labute approximate surface area is 139 Å². The van der Waals surface area contributed by atoms with Crippen molar-refractivity contribution in [1.29, 1.82) is 0 Å². The maximum Gasteiger partial charge on any atom is 0.242 e. The van der Waals surface area contributed by atoms with Crippen LogP contribution < -0.4 is 4.72 Å². The molecule has 118 valence electrons. The zero-order valence-corrected chi connectivity index (χ0v) is 14.1. The fourth-order valence-corrected chi connectivity index (χ4v) is 4.03. The number of hydrogen-bond donors (Lipinski definition) is 2. The number of nitrogens with one attached hydrogen (secondary N) is 1. The molecule has 0 bridgehead atoms. The van der Waals surface area contributed by atoms with Gasteiger partial charge in [-0.25, -0.2) is 13.1 Å². The van der Waals surface area contributed by atoms with E-state index in [0.717, 1.165) is 0 Å². The van der Waals surface area contributed by atoms with Crippen molar-refractivity contribution in [2.75, 3.05) is 6.61 Å². The van der Waals surface area contributed by atoms with Crippen molar-refractivity contribution in [1.82, 2.24) is 4.72 Å². The molecule has 0 aliphatic rings. The molecule has 2 N–H and O–H groups in total. The first-order valence-electron chi connectivity index (χ1n) is 6.49. The number of hydrogen-bond acceptors (Lipinski definition) is 3. The van der Waals surface area contributed by atoms with Crippen LogP contribution in [0.25, 0.3) is 0 Å². The van der Waals surface area contributed by atoms with Gasteiger partial charge in [0, 0.05) is 5.02 Å². The van der Waals surface area contributed by atoms with Crippen molar-refractivity contribution >= 4 is 33.2 Å². The van der Waals surface area contributed by atoms with Crippen LogP contribution in [0.4, 0.5) is 0 Å². The van der Waals surface area contributed by atoms with Gasteiger partial charge in [-0.05, 0) is 30.2 Å². The first-order valence-corrected chi connectivity index (χ1v) is 8.73. The highest BCUT2D eigenvalue weighted by Crippen LogP contribution is 2.29. The van der Waals surface area contributed by atoms with Gasteiger partial charge in [0.15, 0.2) is 0 Å². The molecular formula is C15H15Cl2NO3S. The lowest BCUT2D eigenvalue weighted by molar-refractivity contribution is 0.259. The van der Waals surface area contributed by atoms with Gasteiger partial charge in [0.25, 0.3) is 0 Å². The van der Waals surface area contributed by atoms with E-state index in [0.29, 0.717) is 16.1 Å². The number of sulfonamides is 1. The van der Waals surface area contributed by atoms with Gasteiger partial charge in [-0.2, -0.15) is 0 Å². The minimum atomic E-state index is -3.89. The summed E-state index contributed by atoms with van der Waals surface area (Å²) in [5.41, 5.74) is 1.27. The summed E-state index contributed by atoms with van der Waals surface area (Å²) < 4.78 is 27.5. The molecule has 0 aliphatic carbocycles. The van der Waals surface area contributed by atoms with E-state index in [-0.39, 0.29) is 16.5 Å². The molecule has 0 amide bonds. The number of aliphatic hydroxyl groups excluding tert-OH is 1. The lowest BCUT2D eigenvalue weighted by Crippen LogP contribution is -2.31. The molecule has 0 radical (unpaired) electrons. The lowest BCUT2D eigenvalue weighted by Gasteiger charge is -2.18. The second kappa shape index (κ2) is 6.98. The van der Waals surface area contributed by atoms with Crippen LogP contribution in [0.2, 0.25) is 10.0 Å². The molecule has 0 aromatic heterocycles. The van der Waals surface area contributed by atoms with Crippen molar-refractivity contribution in [3.8, 4) is 0 Å². The zero-order chi connectivity index (χ0) is 16.3. The molecule has 22 heavy (non-hydrogen) atoms. The minimum absolute atomic E-state index is 0.0350. The summed E-state index contributed by atoms with van der Waals surface area (Å²) in [6.07, 6.45) is 0. The summed E-state index contributed by atoms with van der Waals surface area (Å²) in [4.78, 5) is -0.0644. The summed E-state index contributed by atoms with van der Waals surface area (Å²) in [5, 5.41) is 9.91. The van der Waals surface area contributed by atoms with E-state index in [1.54, 1.807) is 31.2 Å². The zero-order valence-electron chi connectivity index (χ0n) is 11.8. The van der Waals surface area contributed by atoms with E-state index < -0.39 is 16.1 Å². The van der Waals surface area contributed by atoms with Crippen molar-refractivity contribution < 1.29 is 13.5 Å². The maximum atomic E-state index is 12.5. The fourth-order valence-electron chi connectivity index (χ4n) is 1.98. The maximum absolute atomic E-state index is 12.5. The van der Waals surface area contributed by atoms with E-state index in [2.05, 4.69) is 4.72 Å². The molecule has 0 saturated carbocycles. The number of rotatable bonds is 5. The van der Waals surface area contributed by atoms with E-state index in [4.69, 9.17) is 23.2 Å². The number of aryl methyl sites for hydroxylation is 1. The quantitative estimate of drug-likeness (QED) is 0.860. The molecule has 2 rings (SSSR count). The predicted molar refractivity (Wildman–Crippen MR) is 87.8 cm³/mol. The molecule has 0 aliphatic heterocycles. The third-order valence-electron chi connectivity index (χ3n) is 3.18. The van der Waals surface area contributed by atoms with E-state index in [9.17, 15) is 13.5 Å². The molecular weight excluding hydrogens is 345 g/mol. The molecule has 1 unspecified atom stereocenters. The third kappa shape index (κ3) is 3.80. The van der Waals surface area contributed by atoms with Gasteiger partial charge < -0.3 is 5.11 Å². The van der Waals surface area contributed by atoms with Gasteiger partial charge in [-0.1, -0.05) is 53.5 Å². The average molecular weight is 360 g/mol. The normalized spacial score (nSPS) is 13.1. The molecule has 4 nitrogen and oxygen atoms in total. The van der Waals surface area contributed by atoms with Crippen LogP contribution in [0.15, 0.2) is 47.4 Å². The minimum Gasteiger partial charge on any atom is -0.394 e. The lowest BCUT2D eigenvalue weighted by atomic mass is 10.1. The molecule has 2 aromatic rings. The molecule has 0 saturated heterocycles. The largest absolute Gasteiger partial charge is 0.394 e. The second-order valence-electron chi connectivity index (χ2n) is 4.80. The van der Waals surface area contributed by atoms with E-state index in [1.165, 1.54) is 12.1 Å². The number of halogens is 2. The van der Waals surface area contributed by atoms with Crippen LogP contribution in [0.5, 0.6) is 0 Å². The van der Waals surface area contributed by atoms with E-state index in [1.807, 2.05) is 6.07 Å². The summed E-state index contributed by atoms with van der Waals surface area (Å²) >= 11 is 11.9. The summed E-state index contributed by atoms with van der Waals surface area (Å²) in [6, 6.07) is 10.9. The molecule has 0 spiro atoms. The van der Waals surface area contributed by atoms with Crippen molar-refractivity contribution in [3.05, 3.63) is 63.6 Å². The van der Waals surface area contributed by atoms with E-state index >= 15 is 0 Å². The standard InChI is InChI=1S/C15H15Cl2NO3S/c1-10-7-15(13(17)8-12(10)16)22(20,21)18-14(9-19)11-5-3-2-4-6-11/h2-8,14,18-19H,9H2,1H3. The summed E-state index contributed by atoms with van der Waals surface area (Å²) in [5.74, 6) is 0. The third-order valence-corrected chi connectivity index (χ3v) is 5.53. The smallest absolute Gasteiger partial charge is 0.242 e. The molecule has 7 heteroatoms. The van der Waals surface area contributed by atoms with Crippen LogP contribution in [-0.2, 0) is 10.0 Å². The Morgan fingerprint density at radius 1 is 1.14 bits per heavy atom. The van der Waals surface area contributed by atoms with Gasteiger partial charge in [0.1, 0.15) is 4.90 Å². The molecule has 2 aromatic carbocycles. The van der Waals surface area contributed by atoms with Gasteiger partial charge in [0.05, 0.1) is 17.7 Å². The number of aliphatic hydroxyl groups is 1. The van der Waals surface area contributed by atoms with Crippen LogP contribution in [0.1, 0.15) is 17.2 Å².